The number of anilines is 1. The monoisotopic (exact) mass is 456 g/mol. The van der Waals surface area contributed by atoms with E-state index in [-0.39, 0.29) is 11.0 Å². The third-order valence-electron chi connectivity index (χ3n) is 5.88. The standard InChI is InChI=1S/C28H25ClN2O2/c1-18-9-7-14-24(20(18)3)30-28(33)26-25(32)15-19(2)31(17-21-10-5-4-6-11-21)27(26)22-12-8-13-23(29)16-22/h4-16H,17H2,1-3H3,(H,30,33). The molecule has 1 amide bonds. The summed E-state index contributed by atoms with van der Waals surface area (Å²) in [5.74, 6) is -0.439. The number of nitrogens with one attached hydrogen (secondary N) is 1. The molecule has 33 heavy (non-hydrogen) atoms. The minimum absolute atomic E-state index is 0.0969. The molecule has 166 valence electrons. The highest BCUT2D eigenvalue weighted by Crippen LogP contribution is 2.28. The lowest BCUT2D eigenvalue weighted by Crippen LogP contribution is -2.27. The average molecular weight is 457 g/mol. The summed E-state index contributed by atoms with van der Waals surface area (Å²) in [7, 11) is 0. The fourth-order valence-electron chi connectivity index (χ4n) is 3.96. The van der Waals surface area contributed by atoms with Gasteiger partial charge < -0.3 is 9.88 Å². The van der Waals surface area contributed by atoms with Crippen LogP contribution in [-0.2, 0) is 6.54 Å². The van der Waals surface area contributed by atoms with Gasteiger partial charge >= 0.3 is 0 Å². The molecule has 1 N–H and O–H groups in total. The quantitative estimate of drug-likeness (QED) is 0.378. The maximum Gasteiger partial charge on any atom is 0.261 e. The van der Waals surface area contributed by atoms with Crippen LogP contribution >= 0.6 is 11.6 Å². The molecule has 5 heteroatoms. The Kier molecular flexibility index (Phi) is 6.47. The summed E-state index contributed by atoms with van der Waals surface area (Å²) in [5.41, 5.74) is 5.58. The Balaban J connectivity index is 1.92. The highest BCUT2D eigenvalue weighted by Gasteiger charge is 2.23. The van der Waals surface area contributed by atoms with E-state index >= 15 is 0 Å². The van der Waals surface area contributed by atoms with Crippen molar-refractivity contribution >= 4 is 23.2 Å². The molecule has 0 aliphatic heterocycles. The number of halogens is 1. The molecule has 0 unspecified atom stereocenters. The summed E-state index contributed by atoms with van der Waals surface area (Å²) < 4.78 is 2.00. The van der Waals surface area contributed by atoms with Gasteiger partial charge in [-0.25, -0.2) is 0 Å². The number of nitrogens with zero attached hydrogens (tertiary/aromatic N) is 1. The van der Waals surface area contributed by atoms with Crippen molar-refractivity contribution in [2.75, 3.05) is 5.32 Å². The first-order valence-corrected chi connectivity index (χ1v) is 11.1. The molecule has 0 bridgehead atoms. The highest BCUT2D eigenvalue weighted by atomic mass is 35.5. The van der Waals surface area contributed by atoms with Gasteiger partial charge in [0, 0.05) is 34.6 Å². The first-order valence-electron chi connectivity index (χ1n) is 10.8. The van der Waals surface area contributed by atoms with Gasteiger partial charge in [0.25, 0.3) is 5.91 Å². The Morgan fingerprint density at radius 3 is 2.36 bits per heavy atom. The number of aromatic nitrogens is 1. The summed E-state index contributed by atoms with van der Waals surface area (Å²) in [5, 5.41) is 3.49. The van der Waals surface area contributed by atoms with Crippen LogP contribution in [0.1, 0.15) is 32.7 Å². The van der Waals surface area contributed by atoms with Crippen molar-refractivity contribution in [3.05, 3.63) is 122 Å². The van der Waals surface area contributed by atoms with Crippen molar-refractivity contribution in [1.82, 2.24) is 4.57 Å². The second kappa shape index (κ2) is 9.47. The number of rotatable bonds is 5. The number of hydrogen-bond donors (Lipinski definition) is 1. The second-order valence-electron chi connectivity index (χ2n) is 8.16. The lowest BCUT2D eigenvalue weighted by molar-refractivity contribution is 0.102. The number of amides is 1. The molecule has 4 rings (SSSR count). The summed E-state index contributed by atoms with van der Waals surface area (Å²) in [6.07, 6.45) is 0. The van der Waals surface area contributed by atoms with Gasteiger partial charge in [0.15, 0.2) is 5.43 Å². The van der Waals surface area contributed by atoms with Crippen LogP contribution in [0.15, 0.2) is 83.7 Å². The predicted octanol–water partition coefficient (Wildman–Crippen LogP) is 6.39. The van der Waals surface area contributed by atoms with Crippen LogP contribution in [0, 0.1) is 20.8 Å². The van der Waals surface area contributed by atoms with Crippen LogP contribution in [-0.4, -0.2) is 10.5 Å². The minimum Gasteiger partial charge on any atom is -0.340 e. The number of carbonyl (C=O) groups excluding carboxylic acids is 1. The molecular weight excluding hydrogens is 432 g/mol. The van der Waals surface area contributed by atoms with Gasteiger partial charge in [0.2, 0.25) is 0 Å². The third kappa shape index (κ3) is 4.76. The van der Waals surface area contributed by atoms with Crippen molar-refractivity contribution in [2.24, 2.45) is 0 Å². The molecule has 0 saturated heterocycles. The number of pyridine rings is 1. The molecule has 1 heterocycles. The van der Waals surface area contributed by atoms with Crippen molar-refractivity contribution < 1.29 is 4.79 Å². The van der Waals surface area contributed by atoms with Gasteiger partial charge in [-0.1, -0.05) is 66.2 Å². The normalized spacial score (nSPS) is 10.8. The molecule has 0 atom stereocenters. The number of aryl methyl sites for hydroxylation is 2. The van der Waals surface area contributed by atoms with E-state index in [2.05, 4.69) is 5.32 Å². The largest absolute Gasteiger partial charge is 0.340 e. The van der Waals surface area contributed by atoms with Crippen molar-refractivity contribution in [1.29, 1.82) is 0 Å². The van der Waals surface area contributed by atoms with Crippen LogP contribution in [0.2, 0.25) is 5.02 Å². The topological polar surface area (TPSA) is 51.1 Å². The van der Waals surface area contributed by atoms with E-state index < -0.39 is 5.91 Å². The van der Waals surface area contributed by atoms with Crippen molar-refractivity contribution in [3.63, 3.8) is 0 Å². The molecule has 1 aromatic heterocycles. The highest BCUT2D eigenvalue weighted by molar-refractivity contribution is 6.30. The van der Waals surface area contributed by atoms with E-state index in [1.54, 1.807) is 12.1 Å². The van der Waals surface area contributed by atoms with Crippen LogP contribution in [0.25, 0.3) is 11.3 Å². The van der Waals surface area contributed by atoms with Crippen molar-refractivity contribution in [2.45, 2.75) is 27.3 Å². The molecule has 4 nitrogen and oxygen atoms in total. The molecule has 0 spiro atoms. The Morgan fingerprint density at radius 1 is 0.909 bits per heavy atom. The third-order valence-corrected chi connectivity index (χ3v) is 6.12. The summed E-state index contributed by atoms with van der Waals surface area (Å²) in [6.45, 7) is 6.33. The lowest BCUT2D eigenvalue weighted by Gasteiger charge is -2.21. The first kappa shape index (κ1) is 22.6. The smallest absolute Gasteiger partial charge is 0.261 e. The predicted molar refractivity (Wildman–Crippen MR) is 135 cm³/mol. The average Bonchev–Trinajstić information content (AvgIpc) is 2.79. The summed E-state index contributed by atoms with van der Waals surface area (Å²) >= 11 is 6.30. The molecule has 0 aliphatic carbocycles. The fourth-order valence-corrected chi connectivity index (χ4v) is 4.15. The van der Waals surface area contributed by atoms with E-state index in [1.165, 1.54) is 6.07 Å². The summed E-state index contributed by atoms with van der Waals surface area (Å²) in [4.78, 5) is 26.7. The molecular formula is C28H25ClN2O2. The van der Waals surface area contributed by atoms with E-state index in [0.29, 0.717) is 28.5 Å². The Bertz CT molecular complexity index is 1390. The zero-order valence-corrected chi connectivity index (χ0v) is 19.6. The van der Waals surface area contributed by atoms with Gasteiger partial charge in [-0.2, -0.15) is 0 Å². The van der Waals surface area contributed by atoms with Crippen molar-refractivity contribution in [3.8, 4) is 11.3 Å². The maximum atomic E-state index is 13.5. The first-order chi connectivity index (χ1) is 15.8. The maximum absolute atomic E-state index is 13.5. The van der Waals surface area contributed by atoms with E-state index in [4.69, 9.17) is 11.6 Å². The number of benzene rings is 3. The van der Waals surface area contributed by atoms with Gasteiger partial charge in [-0.15, -0.1) is 0 Å². The fraction of sp³-hybridized carbons (Fsp3) is 0.143. The Labute approximate surface area is 198 Å². The molecule has 3 aromatic carbocycles. The SMILES string of the molecule is Cc1cccc(NC(=O)c2c(-c3cccc(Cl)c3)n(Cc3ccccc3)c(C)cc2=O)c1C. The number of carbonyl (C=O) groups is 1. The Morgan fingerprint density at radius 2 is 1.64 bits per heavy atom. The second-order valence-corrected chi connectivity index (χ2v) is 8.59. The number of hydrogen-bond acceptors (Lipinski definition) is 2. The van der Waals surface area contributed by atoms with Gasteiger partial charge in [0.1, 0.15) is 5.56 Å². The van der Waals surface area contributed by atoms with E-state index in [0.717, 1.165) is 22.4 Å². The van der Waals surface area contributed by atoms with Crippen LogP contribution in [0.3, 0.4) is 0 Å². The van der Waals surface area contributed by atoms with E-state index in [1.807, 2.05) is 86.0 Å². The minimum atomic E-state index is -0.439. The van der Waals surface area contributed by atoms with Gasteiger partial charge in [0.05, 0.1) is 5.69 Å². The van der Waals surface area contributed by atoms with Crippen LogP contribution < -0.4 is 10.7 Å². The zero-order valence-electron chi connectivity index (χ0n) is 18.9. The zero-order chi connectivity index (χ0) is 23.5. The molecule has 0 aliphatic rings. The Hall–Kier alpha value is -3.63. The van der Waals surface area contributed by atoms with Gasteiger partial charge in [-0.3, -0.25) is 9.59 Å². The van der Waals surface area contributed by atoms with Gasteiger partial charge in [-0.05, 0) is 55.7 Å². The lowest BCUT2D eigenvalue weighted by atomic mass is 10.0. The van der Waals surface area contributed by atoms with E-state index in [9.17, 15) is 9.59 Å². The molecule has 0 saturated carbocycles. The summed E-state index contributed by atoms with van der Waals surface area (Å²) in [6, 6.07) is 24.4. The van der Waals surface area contributed by atoms with Crippen LogP contribution in [0.4, 0.5) is 5.69 Å². The molecule has 0 radical (unpaired) electrons. The van der Waals surface area contributed by atoms with Crippen LogP contribution in [0.5, 0.6) is 0 Å². The molecule has 4 aromatic rings. The molecule has 0 fully saturated rings.